The second-order valence-electron chi connectivity index (χ2n) is 7.78. The van der Waals surface area contributed by atoms with Crippen molar-refractivity contribution in [2.45, 2.75) is 19.6 Å². The first kappa shape index (κ1) is 24.0. The molecule has 3 aromatic carbocycles. The molecule has 8 heteroatoms. The average Bonchev–Trinajstić information content (AvgIpc) is 2.86. The minimum atomic E-state index is -0.926. The van der Waals surface area contributed by atoms with E-state index in [-0.39, 0.29) is 17.9 Å². The van der Waals surface area contributed by atoms with E-state index >= 15 is 0 Å². The van der Waals surface area contributed by atoms with Crippen molar-refractivity contribution in [2.75, 3.05) is 12.0 Å². The van der Waals surface area contributed by atoms with Crippen LogP contribution in [0.5, 0.6) is 11.5 Å². The quantitative estimate of drug-likeness (QED) is 0.248. The second-order valence-corrected chi connectivity index (χ2v) is 8.21. The molecule has 3 aromatic rings. The minimum absolute atomic E-state index is 0.0331. The average molecular weight is 492 g/mol. The number of hydrogen-bond acceptors (Lipinski definition) is 6. The molecule has 0 aliphatic carbocycles. The predicted octanol–water partition coefficient (Wildman–Crippen LogP) is 5.75. The normalized spacial score (nSPS) is 14.4. The summed E-state index contributed by atoms with van der Waals surface area (Å²) in [5.74, 6) is 0.0491. The summed E-state index contributed by atoms with van der Waals surface area (Å²) in [6.07, 6.45) is 1.63. The van der Waals surface area contributed by atoms with Gasteiger partial charge < -0.3 is 14.2 Å². The Labute approximate surface area is 207 Å². The van der Waals surface area contributed by atoms with Crippen LogP contribution in [0.15, 0.2) is 72.3 Å². The van der Waals surface area contributed by atoms with Crippen LogP contribution in [0.4, 0.5) is 10.5 Å². The standard InChI is InChI=1S/C27H22ClNO6/c1-17(31)35-25-14-22(33-2)9-10-23(25)26-20(15-30)12-19-13-21(28)8-11-24(19)29(26)27(32)34-16-18-6-4-3-5-7-18/h3-15,26H,16H2,1-2H3/t26-/m0/s1. The van der Waals surface area contributed by atoms with Gasteiger partial charge >= 0.3 is 12.1 Å². The molecule has 0 spiro atoms. The third-order valence-corrected chi connectivity index (χ3v) is 5.69. The molecule has 1 aliphatic rings. The molecule has 4 rings (SSSR count). The highest BCUT2D eigenvalue weighted by molar-refractivity contribution is 6.31. The predicted molar refractivity (Wildman–Crippen MR) is 132 cm³/mol. The summed E-state index contributed by atoms with van der Waals surface area (Å²) in [7, 11) is 1.48. The van der Waals surface area contributed by atoms with Gasteiger partial charge in [0.25, 0.3) is 0 Å². The molecule has 1 heterocycles. The van der Waals surface area contributed by atoms with Crippen LogP contribution >= 0.6 is 11.6 Å². The van der Waals surface area contributed by atoms with E-state index < -0.39 is 18.1 Å². The highest BCUT2D eigenvalue weighted by Gasteiger charge is 2.37. The molecule has 0 saturated carbocycles. The molecule has 0 N–H and O–H groups in total. The number of hydrogen-bond donors (Lipinski definition) is 0. The van der Waals surface area contributed by atoms with Crippen molar-refractivity contribution in [1.29, 1.82) is 0 Å². The van der Waals surface area contributed by atoms with E-state index in [4.69, 9.17) is 25.8 Å². The first-order valence-electron chi connectivity index (χ1n) is 10.7. The molecular formula is C27H22ClNO6. The smallest absolute Gasteiger partial charge is 0.415 e. The van der Waals surface area contributed by atoms with Gasteiger partial charge in [-0.15, -0.1) is 0 Å². The molecule has 0 radical (unpaired) electrons. The summed E-state index contributed by atoms with van der Waals surface area (Å²) in [5.41, 5.74) is 2.55. The number of nitrogens with zero attached hydrogens (tertiary/aromatic N) is 1. The maximum Gasteiger partial charge on any atom is 0.415 e. The second kappa shape index (κ2) is 10.4. The molecule has 0 aromatic heterocycles. The Balaban J connectivity index is 1.83. The van der Waals surface area contributed by atoms with E-state index in [1.54, 1.807) is 36.4 Å². The summed E-state index contributed by atoms with van der Waals surface area (Å²) in [6.45, 7) is 1.30. The molecule has 1 amide bonds. The van der Waals surface area contributed by atoms with E-state index in [2.05, 4.69) is 0 Å². The van der Waals surface area contributed by atoms with Gasteiger partial charge in [0.2, 0.25) is 0 Å². The first-order valence-corrected chi connectivity index (χ1v) is 11.1. The van der Waals surface area contributed by atoms with Crippen LogP contribution in [0.1, 0.15) is 29.7 Å². The molecule has 7 nitrogen and oxygen atoms in total. The number of benzene rings is 3. The van der Waals surface area contributed by atoms with E-state index in [1.165, 1.54) is 25.0 Å². The van der Waals surface area contributed by atoms with Crippen LogP contribution < -0.4 is 14.4 Å². The minimum Gasteiger partial charge on any atom is -0.497 e. The monoisotopic (exact) mass is 491 g/mol. The van der Waals surface area contributed by atoms with Crippen LogP contribution in [0.25, 0.3) is 6.08 Å². The number of aldehydes is 1. The molecule has 0 saturated heterocycles. The van der Waals surface area contributed by atoms with Gasteiger partial charge in [0.05, 0.1) is 18.8 Å². The molecule has 0 unspecified atom stereocenters. The lowest BCUT2D eigenvalue weighted by Crippen LogP contribution is -2.39. The molecule has 0 bridgehead atoms. The topological polar surface area (TPSA) is 82.1 Å². The van der Waals surface area contributed by atoms with Crippen molar-refractivity contribution < 1.29 is 28.6 Å². The largest absolute Gasteiger partial charge is 0.497 e. The zero-order valence-corrected chi connectivity index (χ0v) is 19.8. The number of fused-ring (bicyclic) bond motifs is 1. The number of esters is 1. The summed E-state index contributed by atoms with van der Waals surface area (Å²) in [6, 6.07) is 18.2. The van der Waals surface area contributed by atoms with Crippen LogP contribution in [-0.2, 0) is 20.9 Å². The number of rotatable bonds is 6. The highest BCUT2D eigenvalue weighted by Crippen LogP contribution is 2.45. The van der Waals surface area contributed by atoms with Gasteiger partial charge in [-0.05, 0) is 42.0 Å². The summed E-state index contributed by atoms with van der Waals surface area (Å²) in [5, 5.41) is 0.450. The van der Waals surface area contributed by atoms with Crippen molar-refractivity contribution in [3.05, 3.63) is 94.0 Å². The number of amides is 1. The van der Waals surface area contributed by atoms with Gasteiger partial charge in [0.15, 0.2) is 0 Å². The van der Waals surface area contributed by atoms with Crippen molar-refractivity contribution in [3.8, 4) is 11.5 Å². The maximum atomic E-state index is 13.5. The van der Waals surface area contributed by atoms with E-state index in [0.717, 1.165) is 5.56 Å². The van der Waals surface area contributed by atoms with Crippen molar-refractivity contribution in [1.82, 2.24) is 0 Å². The summed E-state index contributed by atoms with van der Waals surface area (Å²) >= 11 is 6.18. The van der Waals surface area contributed by atoms with Crippen LogP contribution in [0, 0.1) is 0 Å². The lowest BCUT2D eigenvalue weighted by atomic mass is 9.90. The Morgan fingerprint density at radius 2 is 1.83 bits per heavy atom. The molecule has 1 aliphatic heterocycles. The molecule has 0 fully saturated rings. The van der Waals surface area contributed by atoms with Crippen molar-refractivity contribution >= 4 is 41.7 Å². The Hall–Kier alpha value is -4.10. The Morgan fingerprint density at radius 3 is 2.51 bits per heavy atom. The van der Waals surface area contributed by atoms with Crippen LogP contribution in [-0.4, -0.2) is 25.5 Å². The maximum absolute atomic E-state index is 13.5. The number of ether oxygens (including phenoxy) is 3. The van der Waals surface area contributed by atoms with Gasteiger partial charge in [-0.3, -0.25) is 14.5 Å². The van der Waals surface area contributed by atoms with Crippen LogP contribution in [0.3, 0.4) is 0 Å². The van der Waals surface area contributed by atoms with Crippen molar-refractivity contribution in [2.24, 2.45) is 0 Å². The van der Waals surface area contributed by atoms with E-state index in [0.29, 0.717) is 33.9 Å². The third-order valence-electron chi connectivity index (χ3n) is 5.45. The SMILES string of the molecule is COc1ccc([C@@H]2C(C=O)=Cc3cc(Cl)ccc3N2C(=O)OCc2ccccc2)c(OC(C)=O)c1. The first-order chi connectivity index (χ1) is 16.9. The Morgan fingerprint density at radius 1 is 1.06 bits per heavy atom. The number of halogens is 1. The van der Waals surface area contributed by atoms with Crippen molar-refractivity contribution in [3.63, 3.8) is 0 Å². The number of carbonyl (C=O) groups is 3. The molecular weight excluding hydrogens is 470 g/mol. The van der Waals surface area contributed by atoms with E-state index in [1.807, 2.05) is 30.3 Å². The zero-order chi connectivity index (χ0) is 24.9. The van der Waals surface area contributed by atoms with Gasteiger partial charge in [-0.25, -0.2) is 4.79 Å². The summed E-state index contributed by atoms with van der Waals surface area (Å²) in [4.78, 5) is 39.0. The lowest BCUT2D eigenvalue weighted by molar-refractivity contribution is -0.131. The summed E-state index contributed by atoms with van der Waals surface area (Å²) < 4.78 is 16.3. The van der Waals surface area contributed by atoms with E-state index in [9.17, 15) is 14.4 Å². The lowest BCUT2D eigenvalue weighted by Gasteiger charge is -2.36. The Kier molecular flexibility index (Phi) is 7.17. The molecule has 1 atom stereocenters. The Bertz CT molecular complexity index is 1300. The highest BCUT2D eigenvalue weighted by atomic mass is 35.5. The molecule has 178 valence electrons. The van der Waals surface area contributed by atoms with Gasteiger partial charge in [-0.1, -0.05) is 41.9 Å². The zero-order valence-electron chi connectivity index (χ0n) is 19.1. The molecule has 35 heavy (non-hydrogen) atoms. The fourth-order valence-corrected chi connectivity index (χ4v) is 4.11. The third kappa shape index (κ3) is 5.20. The van der Waals surface area contributed by atoms with Gasteiger partial charge in [0, 0.05) is 34.7 Å². The van der Waals surface area contributed by atoms with Gasteiger partial charge in [-0.2, -0.15) is 0 Å². The fraction of sp³-hybridized carbons (Fsp3) is 0.148. The van der Waals surface area contributed by atoms with Gasteiger partial charge in [0.1, 0.15) is 24.4 Å². The number of anilines is 1. The number of methoxy groups -OCH3 is 1. The number of carbonyl (C=O) groups excluding carboxylic acids is 3. The fourth-order valence-electron chi connectivity index (χ4n) is 3.93. The van der Waals surface area contributed by atoms with Crippen LogP contribution in [0.2, 0.25) is 5.02 Å².